The lowest BCUT2D eigenvalue weighted by molar-refractivity contribution is 0.0831. The van der Waals surface area contributed by atoms with Gasteiger partial charge in [0.1, 0.15) is 0 Å². The van der Waals surface area contributed by atoms with Gasteiger partial charge in [-0.1, -0.05) is 48.0 Å². The number of hydrogen-bond donors (Lipinski definition) is 1. The van der Waals surface area contributed by atoms with Gasteiger partial charge in [-0.2, -0.15) is 0 Å². The predicted octanol–water partition coefficient (Wildman–Crippen LogP) is 3.55. The average molecular weight is 199 g/mol. The molecule has 1 N–H and O–H groups in total. The summed E-state index contributed by atoms with van der Waals surface area (Å²) in [6, 6.07) is 0. The Balaban J connectivity index is 4.63. The highest BCUT2D eigenvalue weighted by Crippen LogP contribution is 2.39. The van der Waals surface area contributed by atoms with Crippen LogP contribution in [0.3, 0.4) is 0 Å². The van der Waals surface area contributed by atoms with Gasteiger partial charge in [0.05, 0.1) is 0 Å². The molecule has 0 aliphatic rings. The molecule has 3 atom stereocenters. The van der Waals surface area contributed by atoms with Gasteiger partial charge in [-0.15, -0.1) is 0 Å². The molecule has 0 aromatic heterocycles. The van der Waals surface area contributed by atoms with Crippen LogP contribution in [0.5, 0.6) is 0 Å². The minimum atomic E-state index is 0.421. The Morgan fingerprint density at radius 1 is 1.14 bits per heavy atom. The van der Waals surface area contributed by atoms with Crippen LogP contribution in [0.1, 0.15) is 48.0 Å². The molecule has 0 saturated carbocycles. The van der Waals surface area contributed by atoms with Crippen molar-refractivity contribution in [3.05, 3.63) is 0 Å². The van der Waals surface area contributed by atoms with Crippen LogP contribution in [0.2, 0.25) is 0 Å². The van der Waals surface area contributed by atoms with E-state index in [9.17, 15) is 0 Å². The van der Waals surface area contributed by atoms with Gasteiger partial charge >= 0.3 is 0 Å². The lowest BCUT2D eigenvalue weighted by atomic mass is 9.65. The number of hydrogen-bond acceptors (Lipinski definition) is 1. The van der Waals surface area contributed by atoms with E-state index in [1.807, 2.05) is 0 Å². The van der Waals surface area contributed by atoms with Crippen molar-refractivity contribution in [1.29, 1.82) is 0 Å². The topological polar surface area (TPSA) is 12.0 Å². The fourth-order valence-corrected chi connectivity index (χ4v) is 2.28. The van der Waals surface area contributed by atoms with Crippen LogP contribution in [0.25, 0.3) is 0 Å². The van der Waals surface area contributed by atoms with Crippen molar-refractivity contribution in [3.8, 4) is 0 Å². The highest BCUT2D eigenvalue weighted by Gasteiger charge is 2.35. The second kappa shape index (κ2) is 5.75. The molecule has 86 valence electrons. The lowest BCUT2D eigenvalue weighted by Crippen LogP contribution is -2.42. The molecule has 0 unspecified atom stereocenters. The standard InChI is InChI=1S/C13H29N/c1-8-11(4)12(5)13(6,9-14-7)10(2)3/h10-12,14H,8-9H2,1-7H3/t11-,12-,13-/m0/s1. The summed E-state index contributed by atoms with van der Waals surface area (Å²) in [5, 5.41) is 3.35. The lowest BCUT2D eigenvalue weighted by Gasteiger charge is -2.42. The van der Waals surface area contributed by atoms with Crippen LogP contribution in [-0.4, -0.2) is 13.6 Å². The summed E-state index contributed by atoms with van der Waals surface area (Å²) in [4.78, 5) is 0. The molecule has 0 aromatic carbocycles. The zero-order valence-electron chi connectivity index (χ0n) is 11.1. The zero-order valence-corrected chi connectivity index (χ0v) is 11.1. The first-order valence-corrected chi connectivity index (χ1v) is 6.04. The molecule has 0 bridgehead atoms. The first-order valence-electron chi connectivity index (χ1n) is 6.04. The van der Waals surface area contributed by atoms with Gasteiger partial charge in [-0.05, 0) is 30.2 Å². The van der Waals surface area contributed by atoms with E-state index >= 15 is 0 Å². The minimum absolute atomic E-state index is 0.421. The van der Waals surface area contributed by atoms with Gasteiger partial charge in [0.15, 0.2) is 0 Å². The first-order chi connectivity index (χ1) is 6.40. The molecular weight excluding hydrogens is 170 g/mol. The van der Waals surface area contributed by atoms with E-state index in [2.05, 4.69) is 53.9 Å². The monoisotopic (exact) mass is 199 g/mol. The summed E-state index contributed by atoms with van der Waals surface area (Å²) in [5.41, 5.74) is 0.421. The highest BCUT2D eigenvalue weighted by molar-refractivity contribution is 4.86. The smallest absolute Gasteiger partial charge is 0.000726 e. The van der Waals surface area contributed by atoms with Crippen LogP contribution >= 0.6 is 0 Å². The third-order valence-corrected chi connectivity index (χ3v) is 4.41. The molecule has 14 heavy (non-hydrogen) atoms. The van der Waals surface area contributed by atoms with E-state index in [-0.39, 0.29) is 0 Å². The van der Waals surface area contributed by atoms with Crippen molar-refractivity contribution in [2.24, 2.45) is 23.2 Å². The van der Waals surface area contributed by atoms with Crippen molar-refractivity contribution < 1.29 is 0 Å². The Hall–Kier alpha value is -0.0400. The summed E-state index contributed by atoms with van der Waals surface area (Å²) in [6.07, 6.45) is 1.28. The Morgan fingerprint density at radius 3 is 1.93 bits per heavy atom. The molecule has 0 saturated heterocycles. The number of rotatable bonds is 6. The molecule has 0 spiro atoms. The first kappa shape index (κ1) is 14.0. The summed E-state index contributed by atoms with van der Waals surface area (Å²) in [7, 11) is 2.06. The van der Waals surface area contributed by atoms with E-state index < -0.39 is 0 Å². The molecule has 0 radical (unpaired) electrons. The Kier molecular flexibility index (Phi) is 5.73. The molecule has 0 aliphatic carbocycles. The summed E-state index contributed by atoms with van der Waals surface area (Å²) < 4.78 is 0. The molecule has 0 aromatic rings. The quantitative estimate of drug-likeness (QED) is 0.690. The van der Waals surface area contributed by atoms with Crippen LogP contribution in [0, 0.1) is 23.2 Å². The maximum absolute atomic E-state index is 3.35. The normalized spacial score (nSPS) is 20.6. The van der Waals surface area contributed by atoms with Crippen molar-refractivity contribution in [2.45, 2.75) is 48.0 Å². The van der Waals surface area contributed by atoms with Crippen molar-refractivity contribution >= 4 is 0 Å². The van der Waals surface area contributed by atoms with Gasteiger partial charge in [0.2, 0.25) is 0 Å². The second-order valence-electron chi connectivity index (χ2n) is 5.37. The molecule has 0 rings (SSSR count). The van der Waals surface area contributed by atoms with Crippen LogP contribution < -0.4 is 5.32 Å². The summed E-state index contributed by atoms with van der Waals surface area (Å²) in [6.45, 7) is 15.3. The third kappa shape index (κ3) is 2.98. The third-order valence-electron chi connectivity index (χ3n) is 4.41. The Labute approximate surface area is 90.7 Å². The average Bonchev–Trinajstić information content (AvgIpc) is 2.15. The molecule has 1 nitrogen and oxygen atoms in total. The van der Waals surface area contributed by atoms with Crippen molar-refractivity contribution in [2.75, 3.05) is 13.6 Å². The fourth-order valence-electron chi connectivity index (χ4n) is 2.28. The summed E-state index contributed by atoms with van der Waals surface area (Å²) >= 11 is 0. The van der Waals surface area contributed by atoms with E-state index in [0.717, 1.165) is 24.3 Å². The van der Waals surface area contributed by atoms with E-state index in [0.29, 0.717) is 5.41 Å². The van der Waals surface area contributed by atoms with Crippen molar-refractivity contribution in [3.63, 3.8) is 0 Å². The van der Waals surface area contributed by atoms with Gasteiger partial charge in [-0.3, -0.25) is 0 Å². The molecule has 0 heterocycles. The molecule has 0 fully saturated rings. The van der Waals surface area contributed by atoms with Gasteiger partial charge in [-0.25, -0.2) is 0 Å². The Morgan fingerprint density at radius 2 is 1.64 bits per heavy atom. The molecule has 0 aliphatic heterocycles. The zero-order chi connectivity index (χ0) is 11.4. The highest BCUT2D eigenvalue weighted by atomic mass is 14.8. The minimum Gasteiger partial charge on any atom is -0.319 e. The van der Waals surface area contributed by atoms with Crippen LogP contribution in [-0.2, 0) is 0 Å². The van der Waals surface area contributed by atoms with Crippen LogP contribution in [0.15, 0.2) is 0 Å². The largest absolute Gasteiger partial charge is 0.319 e. The number of nitrogens with one attached hydrogen (secondary N) is 1. The van der Waals surface area contributed by atoms with Crippen molar-refractivity contribution in [1.82, 2.24) is 5.32 Å². The maximum Gasteiger partial charge on any atom is 0.000726 e. The van der Waals surface area contributed by atoms with E-state index in [1.165, 1.54) is 6.42 Å². The van der Waals surface area contributed by atoms with Gasteiger partial charge in [0, 0.05) is 6.54 Å². The Bertz CT molecular complexity index is 153. The van der Waals surface area contributed by atoms with E-state index in [4.69, 9.17) is 0 Å². The summed E-state index contributed by atoms with van der Waals surface area (Å²) in [5.74, 6) is 2.33. The molecule has 0 amide bonds. The molecule has 1 heteroatoms. The SMILES string of the molecule is CC[C@H](C)[C@H](C)[C@@](C)(CNC)C(C)C. The van der Waals surface area contributed by atoms with Gasteiger partial charge < -0.3 is 5.32 Å². The predicted molar refractivity (Wildman–Crippen MR) is 65.5 cm³/mol. The molecular formula is C13H29N. The second-order valence-corrected chi connectivity index (χ2v) is 5.37. The van der Waals surface area contributed by atoms with E-state index in [1.54, 1.807) is 0 Å². The fraction of sp³-hybridized carbons (Fsp3) is 1.00. The maximum atomic E-state index is 3.35. The van der Waals surface area contributed by atoms with Crippen LogP contribution in [0.4, 0.5) is 0 Å². The van der Waals surface area contributed by atoms with Gasteiger partial charge in [0.25, 0.3) is 0 Å².